The number of nitrogens with two attached hydrogens (primary N) is 1. The highest BCUT2D eigenvalue weighted by Crippen LogP contribution is 2.29. The van der Waals surface area contributed by atoms with E-state index >= 15 is 0 Å². The molecule has 0 unspecified atom stereocenters. The number of para-hydroxylation sites is 1. The fraction of sp³-hybridized carbons (Fsp3) is 0.316. The van der Waals surface area contributed by atoms with E-state index in [9.17, 15) is 0 Å². The van der Waals surface area contributed by atoms with Crippen LogP contribution in [0, 0.1) is 5.41 Å². The number of hydrogen-bond donors (Lipinski definition) is 4. The van der Waals surface area contributed by atoms with Gasteiger partial charge >= 0.3 is 0 Å². The molecule has 3 heterocycles. The lowest BCUT2D eigenvalue weighted by Crippen LogP contribution is -2.29. The summed E-state index contributed by atoms with van der Waals surface area (Å²) in [6, 6.07) is 7.91. The van der Waals surface area contributed by atoms with Crippen LogP contribution in [0.3, 0.4) is 0 Å². The Kier molecular flexibility index (Phi) is 4.64. The van der Waals surface area contributed by atoms with E-state index in [0.717, 1.165) is 29.5 Å². The number of nitrogens with one attached hydrogen (secondary N) is 3. The van der Waals surface area contributed by atoms with E-state index in [1.54, 1.807) is 7.11 Å². The summed E-state index contributed by atoms with van der Waals surface area (Å²) in [7, 11) is 1.62. The molecule has 1 saturated heterocycles. The van der Waals surface area contributed by atoms with Crippen molar-refractivity contribution in [3.05, 3.63) is 41.9 Å². The summed E-state index contributed by atoms with van der Waals surface area (Å²) < 4.78 is 10.8. The highest BCUT2D eigenvalue weighted by molar-refractivity contribution is 6.17. The summed E-state index contributed by atoms with van der Waals surface area (Å²) in [6.07, 6.45) is 3.20. The zero-order valence-corrected chi connectivity index (χ0v) is 15.1. The third-order valence-corrected chi connectivity index (χ3v) is 4.80. The largest absolute Gasteiger partial charge is 0.495 e. The molecular formula is C19H22N6O2. The van der Waals surface area contributed by atoms with Crippen molar-refractivity contribution in [2.75, 3.05) is 31.4 Å². The summed E-state index contributed by atoms with van der Waals surface area (Å²) in [5.41, 5.74) is 8.32. The van der Waals surface area contributed by atoms with Crippen molar-refractivity contribution in [3.63, 3.8) is 0 Å². The van der Waals surface area contributed by atoms with Crippen molar-refractivity contribution < 1.29 is 9.47 Å². The third kappa shape index (κ3) is 3.31. The fourth-order valence-corrected chi connectivity index (χ4v) is 3.36. The number of rotatable bonds is 5. The highest BCUT2D eigenvalue weighted by atomic mass is 16.5. The molecule has 0 amide bonds. The highest BCUT2D eigenvalue weighted by Gasteiger charge is 2.21. The van der Waals surface area contributed by atoms with Crippen LogP contribution in [0.1, 0.15) is 24.1 Å². The molecule has 27 heavy (non-hydrogen) atoms. The van der Waals surface area contributed by atoms with Crippen LogP contribution < -0.4 is 15.8 Å². The summed E-state index contributed by atoms with van der Waals surface area (Å²) >= 11 is 0. The Morgan fingerprint density at radius 2 is 2.15 bits per heavy atom. The molecule has 4 rings (SSSR count). The van der Waals surface area contributed by atoms with Crippen LogP contribution in [-0.4, -0.2) is 47.0 Å². The number of nitrogen functional groups attached to an aromatic ring is 1. The molecule has 1 aliphatic heterocycles. The van der Waals surface area contributed by atoms with Gasteiger partial charge in [0.1, 0.15) is 23.7 Å². The van der Waals surface area contributed by atoms with Gasteiger partial charge in [-0.15, -0.1) is 0 Å². The van der Waals surface area contributed by atoms with Gasteiger partial charge in [-0.1, -0.05) is 12.1 Å². The van der Waals surface area contributed by atoms with Crippen molar-refractivity contribution in [2.24, 2.45) is 0 Å². The van der Waals surface area contributed by atoms with Crippen LogP contribution in [0.4, 0.5) is 11.6 Å². The first-order valence-electron chi connectivity index (χ1n) is 8.87. The van der Waals surface area contributed by atoms with Crippen LogP contribution in [0.5, 0.6) is 5.75 Å². The number of anilines is 2. The maximum absolute atomic E-state index is 8.73. The summed E-state index contributed by atoms with van der Waals surface area (Å²) in [4.78, 5) is 11.7. The molecule has 1 aromatic carbocycles. The monoisotopic (exact) mass is 366 g/mol. The maximum atomic E-state index is 8.73. The molecule has 1 fully saturated rings. The number of hydrogen-bond acceptors (Lipinski definition) is 7. The molecule has 1 aliphatic rings. The van der Waals surface area contributed by atoms with E-state index in [1.165, 1.54) is 6.33 Å². The van der Waals surface area contributed by atoms with Crippen LogP contribution in [-0.2, 0) is 4.74 Å². The van der Waals surface area contributed by atoms with Gasteiger partial charge in [-0.25, -0.2) is 9.97 Å². The second-order valence-electron chi connectivity index (χ2n) is 6.50. The van der Waals surface area contributed by atoms with Crippen molar-refractivity contribution >= 4 is 28.3 Å². The van der Waals surface area contributed by atoms with Crippen LogP contribution >= 0.6 is 0 Å². The molecule has 5 N–H and O–H groups in total. The average Bonchev–Trinajstić information content (AvgIpc) is 3.13. The van der Waals surface area contributed by atoms with E-state index in [2.05, 4.69) is 20.3 Å². The summed E-state index contributed by atoms with van der Waals surface area (Å²) in [5, 5.41) is 13.1. The van der Waals surface area contributed by atoms with Gasteiger partial charge in [0, 0.05) is 24.6 Å². The van der Waals surface area contributed by atoms with E-state index in [4.69, 9.17) is 20.6 Å². The Balaban J connectivity index is 1.71. The zero-order valence-electron chi connectivity index (χ0n) is 15.1. The molecule has 0 spiro atoms. The normalized spacial score (nSPS) is 15.0. The van der Waals surface area contributed by atoms with Crippen molar-refractivity contribution in [1.29, 1.82) is 5.41 Å². The van der Waals surface area contributed by atoms with Gasteiger partial charge in [0.25, 0.3) is 0 Å². The van der Waals surface area contributed by atoms with Crippen LogP contribution in [0.15, 0.2) is 30.6 Å². The number of benzene rings is 1. The molecule has 8 nitrogen and oxygen atoms in total. The number of ether oxygens (including phenoxy) is 2. The van der Waals surface area contributed by atoms with Gasteiger partial charge in [-0.3, -0.25) is 5.41 Å². The Morgan fingerprint density at radius 1 is 1.33 bits per heavy atom. The van der Waals surface area contributed by atoms with Gasteiger partial charge in [0.15, 0.2) is 0 Å². The lowest BCUT2D eigenvalue weighted by atomic mass is 10.1. The molecule has 8 heteroatoms. The van der Waals surface area contributed by atoms with Gasteiger partial charge in [0.05, 0.1) is 29.6 Å². The van der Waals surface area contributed by atoms with E-state index < -0.39 is 0 Å². The first-order chi connectivity index (χ1) is 13.2. The Hall–Kier alpha value is -3.13. The predicted molar refractivity (Wildman–Crippen MR) is 105 cm³/mol. The molecule has 0 saturated carbocycles. The Morgan fingerprint density at radius 3 is 2.93 bits per heavy atom. The first-order valence-corrected chi connectivity index (χ1v) is 8.87. The SMILES string of the molecule is COc1cccc2cc(C(=N)c3c(N)ncnc3NC3CCOCC3)[nH]c12. The summed E-state index contributed by atoms with van der Waals surface area (Å²) in [5.74, 6) is 1.57. The van der Waals surface area contributed by atoms with Crippen molar-refractivity contribution in [2.45, 2.75) is 18.9 Å². The standard InChI is InChI=1S/C19H22N6O2/c1-26-14-4-2-3-11-9-13(25-17(11)14)16(20)15-18(21)22-10-23-19(15)24-12-5-7-27-8-6-12/h2-4,9-10,12,20,25H,5-8H2,1H3,(H3,21,22,23,24). The number of methoxy groups -OCH3 is 1. The van der Waals surface area contributed by atoms with Crippen LogP contribution in [0.2, 0.25) is 0 Å². The van der Waals surface area contributed by atoms with Gasteiger partial charge in [-0.2, -0.15) is 0 Å². The number of fused-ring (bicyclic) bond motifs is 1. The third-order valence-electron chi connectivity index (χ3n) is 4.80. The second kappa shape index (κ2) is 7.24. The van der Waals surface area contributed by atoms with Crippen LogP contribution in [0.25, 0.3) is 10.9 Å². The number of nitrogens with zero attached hydrogens (tertiary/aromatic N) is 2. The topological polar surface area (TPSA) is 122 Å². The Labute approximate surface area is 156 Å². The minimum absolute atomic E-state index is 0.237. The predicted octanol–water partition coefficient (Wildman–Crippen LogP) is 2.56. The van der Waals surface area contributed by atoms with E-state index in [0.29, 0.717) is 30.3 Å². The lowest BCUT2D eigenvalue weighted by molar-refractivity contribution is 0.0904. The zero-order chi connectivity index (χ0) is 18.8. The minimum atomic E-state index is 0.237. The van der Waals surface area contributed by atoms with Crippen molar-refractivity contribution in [1.82, 2.24) is 15.0 Å². The molecule has 3 aromatic rings. The van der Waals surface area contributed by atoms with E-state index in [-0.39, 0.29) is 17.6 Å². The Bertz CT molecular complexity index is 977. The van der Waals surface area contributed by atoms with Gasteiger partial charge in [-0.05, 0) is 25.0 Å². The van der Waals surface area contributed by atoms with Crippen molar-refractivity contribution in [3.8, 4) is 5.75 Å². The van der Waals surface area contributed by atoms with E-state index in [1.807, 2.05) is 24.3 Å². The molecule has 0 aliphatic carbocycles. The average molecular weight is 366 g/mol. The first kappa shape index (κ1) is 17.3. The fourth-order valence-electron chi connectivity index (χ4n) is 3.36. The van der Waals surface area contributed by atoms with Gasteiger partial charge < -0.3 is 25.5 Å². The molecule has 2 aromatic heterocycles. The molecular weight excluding hydrogens is 344 g/mol. The molecule has 0 atom stereocenters. The molecule has 0 bridgehead atoms. The second-order valence-corrected chi connectivity index (χ2v) is 6.50. The number of aromatic nitrogens is 3. The number of H-pyrrole nitrogens is 1. The molecule has 140 valence electrons. The minimum Gasteiger partial charge on any atom is -0.495 e. The quantitative estimate of drug-likeness (QED) is 0.515. The lowest BCUT2D eigenvalue weighted by Gasteiger charge is -2.24. The number of aromatic amines is 1. The van der Waals surface area contributed by atoms with Gasteiger partial charge in [0.2, 0.25) is 0 Å². The summed E-state index contributed by atoms with van der Waals surface area (Å²) in [6.45, 7) is 1.43. The molecule has 0 radical (unpaired) electrons. The smallest absolute Gasteiger partial charge is 0.142 e. The maximum Gasteiger partial charge on any atom is 0.142 e.